The minimum Gasteiger partial charge on any atom is -0.383 e. The molecule has 0 aliphatic heterocycles. The molecule has 0 bridgehead atoms. The second kappa shape index (κ2) is 10.6. The third kappa shape index (κ3) is 6.69. The summed E-state index contributed by atoms with van der Waals surface area (Å²) in [4.78, 5) is 10.8. The number of carbonyl (C=O) groups is 1. The van der Waals surface area contributed by atoms with Gasteiger partial charge >= 0.3 is 12.1 Å². The highest BCUT2D eigenvalue weighted by atomic mass is 19.4. The van der Waals surface area contributed by atoms with Crippen LogP contribution in [0.2, 0.25) is 0 Å². The van der Waals surface area contributed by atoms with Crippen LogP contribution in [0.25, 0.3) is 0 Å². The van der Waals surface area contributed by atoms with Crippen molar-refractivity contribution in [3.63, 3.8) is 0 Å². The van der Waals surface area contributed by atoms with Crippen LogP contribution in [-0.4, -0.2) is 25.2 Å². The number of anilines is 1. The highest BCUT2D eigenvalue weighted by Gasteiger charge is 2.39. The predicted octanol–water partition coefficient (Wildman–Crippen LogP) is 5.52. The highest BCUT2D eigenvalue weighted by Crippen LogP contribution is 2.47. The van der Waals surface area contributed by atoms with Crippen LogP contribution in [0.3, 0.4) is 0 Å². The molecular weight excluding hydrogens is 377 g/mol. The Balaban J connectivity index is 2.00. The van der Waals surface area contributed by atoms with Gasteiger partial charge in [-0.05, 0) is 49.8 Å². The smallest absolute Gasteiger partial charge is 0.383 e. The minimum absolute atomic E-state index is 0.0903. The number of hydrogen-bond donors (Lipinski definition) is 2. The molecule has 1 aliphatic rings. The molecule has 160 valence electrons. The van der Waals surface area contributed by atoms with E-state index in [4.69, 9.17) is 0 Å². The van der Waals surface area contributed by atoms with Crippen LogP contribution >= 0.6 is 0 Å². The van der Waals surface area contributed by atoms with Gasteiger partial charge in [0.25, 0.3) is 0 Å². The van der Waals surface area contributed by atoms with Crippen LogP contribution in [0.4, 0.5) is 18.9 Å². The number of hydrogen-bond acceptors (Lipinski definition) is 2. The molecular formula is C23H31F3N2O. The van der Waals surface area contributed by atoms with Crippen molar-refractivity contribution >= 4 is 11.6 Å². The summed E-state index contributed by atoms with van der Waals surface area (Å²) in [5, 5.41) is 4.89. The van der Waals surface area contributed by atoms with E-state index in [0.717, 1.165) is 36.9 Å². The summed E-state index contributed by atoms with van der Waals surface area (Å²) in [6.45, 7) is 4.53. The van der Waals surface area contributed by atoms with Crippen LogP contribution in [0.15, 0.2) is 24.3 Å². The molecule has 0 spiro atoms. The van der Waals surface area contributed by atoms with Crippen molar-refractivity contribution in [3.8, 4) is 11.8 Å². The Kier molecular flexibility index (Phi) is 8.43. The van der Waals surface area contributed by atoms with Crippen molar-refractivity contribution in [3.05, 3.63) is 29.8 Å². The van der Waals surface area contributed by atoms with Crippen LogP contribution in [0.1, 0.15) is 64.4 Å². The van der Waals surface area contributed by atoms with Gasteiger partial charge in [-0.3, -0.25) is 4.79 Å². The highest BCUT2D eigenvalue weighted by molar-refractivity contribution is 5.81. The van der Waals surface area contributed by atoms with Gasteiger partial charge in [-0.15, -0.1) is 0 Å². The van der Waals surface area contributed by atoms with E-state index < -0.39 is 12.1 Å². The number of carbonyl (C=O) groups excluding carboxylic acids is 1. The first-order valence-electron chi connectivity index (χ1n) is 10.5. The van der Waals surface area contributed by atoms with Gasteiger partial charge in [-0.1, -0.05) is 51.0 Å². The summed E-state index contributed by atoms with van der Waals surface area (Å²) in [5.74, 6) is 5.75. The average Bonchev–Trinajstić information content (AvgIpc) is 2.62. The van der Waals surface area contributed by atoms with Crippen LogP contribution in [0.5, 0.6) is 0 Å². The zero-order valence-electron chi connectivity index (χ0n) is 17.3. The Bertz CT molecular complexity index is 724. The molecule has 1 aromatic carbocycles. The molecule has 2 rings (SSSR count). The maximum absolute atomic E-state index is 12.2. The van der Waals surface area contributed by atoms with E-state index in [2.05, 4.69) is 31.0 Å². The summed E-state index contributed by atoms with van der Waals surface area (Å²) < 4.78 is 36.5. The molecule has 0 saturated heterocycles. The van der Waals surface area contributed by atoms with Gasteiger partial charge in [0, 0.05) is 29.8 Å². The van der Waals surface area contributed by atoms with Crippen LogP contribution in [0, 0.1) is 23.2 Å². The average molecular weight is 409 g/mol. The predicted molar refractivity (Wildman–Crippen MR) is 110 cm³/mol. The second-order valence-electron chi connectivity index (χ2n) is 7.80. The lowest BCUT2D eigenvalue weighted by Gasteiger charge is -2.42. The quantitative estimate of drug-likeness (QED) is 0.418. The van der Waals surface area contributed by atoms with Crippen molar-refractivity contribution in [2.24, 2.45) is 11.3 Å². The van der Waals surface area contributed by atoms with Crippen molar-refractivity contribution in [1.82, 2.24) is 5.32 Å². The SMILES string of the molecule is CCCC(C#Cc1cccc(NCCNC(=O)C(F)(F)F)c1)(CCC)C1CCC1. The lowest BCUT2D eigenvalue weighted by Crippen LogP contribution is -2.39. The van der Waals surface area contributed by atoms with E-state index in [9.17, 15) is 18.0 Å². The fourth-order valence-corrected chi connectivity index (χ4v) is 4.00. The Morgan fingerprint density at radius 3 is 2.38 bits per heavy atom. The molecule has 0 heterocycles. The molecule has 1 fully saturated rings. The van der Waals surface area contributed by atoms with Gasteiger partial charge in [0.05, 0.1) is 0 Å². The van der Waals surface area contributed by atoms with Crippen molar-refractivity contribution in [2.75, 3.05) is 18.4 Å². The summed E-state index contributed by atoms with van der Waals surface area (Å²) in [7, 11) is 0. The first-order chi connectivity index (χ1) is 13.8. The standard InChI is InChI=1S/C23H31F3N2O/c1-3-12-22(13-4-2,19-8-6-9-19)14-11-18-7-5-10-20(17-18)27-15-16-28-21(29)23(24,25)26/h5,7,10,17,19,27H,3-4,6,8-9,12-13,15-16H2,1-2H3,(H,28,29). The Hall–Kier alpha value is -2.16. The Labute approximate surface area is 171 Å². The zero-order chi connectivity index (χ0) is 21.3. The molecule has 1 aromatic rings. The first kappa shape index (κ1) is 23.1. The van der Waals surface area contributed by atoms with Gasteiger partial charge in [-0.2, -0.15) is 13.2 Å². The lowest BCUT2D eigenvalue weighted by molar-refractivity contribution is -0.173. The molecule has 1 saturated carbocycles. The summed E-state index contributed by atoms with van der Waals surface area (Å²) in [5.41, 5.74) is 1.76. The number of alkyl halides is 3. The van der Waals surface area contributed by atoms with Gasteiger partial charge in [0.2, 0.25) is 0 Å². The second-order valence-corrected chi connectivity index (χ2v) is 7.80. The molecule has 29 heavy (non-hydrogen) atoms. The molecule has 2 N–H and O–H groups in total. The van der Waals surface area contributed by atoms with Gasteiger partial charge in [0.1, 0.15) is 0 Å². The molecule has 1 amide bonds. The largest absolute Gasteiger partial charge is 0.471 e. The van der Waals surface area contributed by atoms with Crippen LogP contribution < -0.4 is 10.6 Å². The normalized spacial score (nSPS) is 14.5. The number of rotatable bonds is 9. The van der Waals surface area contributed by atoms with Gasteiger partial charge in [0.15, 0.2) is 0 Å². The summed E-state index contributed by atoms with van der Waals surface area (Å²) in [6, 6.07) is 7.58. The van der Waals surface area contributed by atoms with E-state index in [0.29, 0.717) is 5.92 Å². The van der Waals surface area contributed by atoms with E-state index in [-0.39, 0.29) is 18.5 Å². The Morgan fingerprint density at radius 1 is 1.14 bits per heavy atom. The van der Waals surface area contributed by atoms with Crippen LogP contribution in [-0.2, 0) is 4.79 Å². The van der Waals surface area contributed by atoms with E-state index in [1.54, 1.807) is 0 Å². The molecule has 0 aromatic heterocycles. The zero-order valence-corrected chi connectivity index (χ0v) is 17.3. The third-order valence-electron chi connectivity index (χ3n) is 5.59. The van der Waals surface area contributed by atoms with E-state index >= 15 is 0 Å². The maximum Gasteiger partial charge on any atom is 0.471 e. The topological polar surface area (TPSA) is 41.1 Å². The lowest BCUT2D eigenvalue weighted by atomic mass is 9.61. The molecule has 6 heteroatoms. The van der Waals surface area contributed by atoms with Gasteiger partial charge < -0.3 is 10.6 Å². The number of benzene rings is 1. The fourth-order valence-electron chi connectivity index (χ4n) is 4.00. The molecule has 0 unspecified atom stereocenters. The number of nitrogens with one attached hydrogen (secondary N) is 2. The molecule has 0 radical (unpaired) electrons. The van der Waals surface area contributed by atoms with Crippen molar-refractivity contribution in [1.29, 1.82) is 0 Å². The van der Waals surface area contributed by atoms with Crippen molar-refractivity contribution in [2.45, 2.75) is 65.0 Å². The minimum atomic E-state index is -4.85. The number of amides is 1. The Morgan fingerprint density at radius 2 is 1.83 bits per heavy atom. The van der Waals surface area contributed by atoms with E-state index in [1.165, 1.54) is 19.3 Å². The monoisotopic (exact) mass is 408 g/mol. The van der Waals surface area contributed by atoms with E-state index in [1.807, 2.05) is 29.6 Å². The summed E-state index contributed by atoms with van der Waals surface area (Å²) in [6.07, 6.45) is 3.46. The molecule has 3 nitrogen and oxygen atoms in total. The number of halogens is 3. The third-order valence-corrected chi connectivity index (χ3v) is 5.59. The molecule has 1 aliphatic carbocycles. The molecule has 0 atom stereocenters. The summed E-state index contributed by atoms with van der Waals surface area (Å²) >= 11 is 0. The fraction of sp³-hybridized carbons (Fsp3) is 0.609. The van der Waals surface area contributed by atoms with Gasteiger partial charge in [-0.25, -0.2) is 0 Å². The maximum atomic E-state index is 12.2. The first-order valence-corrected chi connectivity index (χ1v) is 10.5. The van der Waals surface area contributed by atoms with Crippen molar-refractivity contribution < 1.29 is 18.0 Å².